The number of H-pyrrole nitrogens is 1. The van der Waals surface area contributed by atoms with E-state index in [0.717, 1.165) is 11.3 Å². The molecule has 0 aliphatic carbocycles. The van der Waals surface area contributed by atoms with Crippen molar-refractivity contribution >= 4 is 5.97 Å². The normalized spacial score (nSPS) is 12.3. The molecule has 0 bridgehead atoms. The Labute approximate surface area is 115 Å². The predicted molar refractivity (Wildman–Crippen MR) is 74.9 cm³/mol. The van der Waals surface area contributed by atoms with Gasteiger partial charge in [0.05, 0.1) is 5.69 Å². The standard InChI is InChI=1S/C14H17N3O3/c1-9-8-16-14(20)17(9)12-5-3-2-4-10(12)11(15)6-7-13(18)19/h2-5,8,11H,6-7,15H2,1H3,(H,16,20)(H,18,19). The molecule has 1 atom stereocenters. The Bertz CT molecular complexity index is 672. The van der Waals surface area contributed by atoms with Crippen molar-refractivity contribution in [2.24, 2.45) is 5.73 Å². The highest BCUT2D eigenvalue weighted by molar-refractivity contribution is 5.66. The van der Waals surface area contributed by atoms with Crippen LogP contribution in [0, 0.1) is 6.92 Å². The maximum Gasteiger partial charge on any atom is 0.330 e. The highest BCUT2D eigenvalue weighted by Gasteiger charge is 2.15. The number of nitrogens with one attached hydrogen (secondary N) is 1. The summed E-state index contributed by atoms with van der Waals surface area (Å²) in [5.41, 5.74) is 8.05. The number of carbonyl (C=O) groups is 1. The second kappa shape index (κ2) is 5.75. The van der Waals surface area contributed by atoms with Gasteiger partial charge in [0.2, 0.25) is 0 Å². The van der Waals surface area contributed by atoms with Gasteiger partial charge in [-0.25, -0.2) is 4.79 Å². The van der Waals surface area contributed by atoms with Crippen LogP contribution in [0.3, 0.4) is 0 Å². The predicted octanol–water partition coefficient (Wildman–Crippen LogP) is 1.34. The molecular formula is C14H17N3O3. The maximum atomic E-state index is 11.9. The number of hydrogen-bond donors (Lipinski definition) is 3. The molecule has 2 rings (SSSR count). The molecule has 2 aromatic rings. The largest absolute Gasteiger partial charge is 0.481 e. The summed E-state index contributed by atoms with van der Waals surface area (Å²) in [5, 5.41) is 8.74. The van der Waals surface area contributed by atoms with Crippen LogP contribution in [0.1, 0.15) is 30.1 Å². The van der Waals surface area contributed by atoms with Gasteiger partial charge >= 0.3 is 11.7 Å². The average molecular weight is 275 g/mol. The van der Waals surface area contributed by atoms with E-state index in [1.54, 1.807) is 12.3 Å². The van der Waals surface area contributed by atoms with Crippen molar-refractivity contribution in [3.63, 3.8) is 0 Å². The number of imidazole rings is 1. The van der Waals surface area contributed by atoms with E-state index in [9.17, 15) is 9.59 Å². The van der Waals surface area contributed by atoms with Crippen molar-refractivity contribution in [1.29, 1.82) is 0 Å². The molecule has 106 valence electrons. The summed E-state index contributed by atoms with van der Waals surface area (Å²) in [6.45, 7) is 1.82. The van der Waals surface area contributed by atoms with E-state index in [1.165, 1.54) is 4.57 Å². The number of benzene rings is 1. The fourth-order valence-electron chi connectivity index (χ4n) is 2.19. The number of rotatable bonds is 5. The monoisotopic (exact) mass is 275 g/mol. The SMILES string of the molecule is Cc1c[nH]c(=O)n1-c1ccccc1C(N)CCC(=O)O. The third kappa shape index (κ3) is 2.80. The zero-order chi connectivity index (χ0) is 14.7. The molecule has 0 saturated carbocycles. The topological polar surface area (TPSA) is 101 Å². The van der Waals surface area contributed by atoms with Crippen LogP contribution in [-0.4, -0.2) is 20.6 Å². The van der Waals surface area contributed by atoms with Crippen molar-refractivity contribution in [2.45, 2.75) is 25.8 Å². The Kier molecular flexibility index (Phi) is 4.05. The van der Waals surface area contributed by atoms with Crippen molar-refractivity contribution in [3.05, 3.63) is 52.2 Å². The molecule has 0 aliphatic rings. The molecule has 1 unspecified atom stereocenters. The number of nitrogens with two attached hydrogens (primary N) is 1. The summed E-state index contributed by atoms with van der Waals surface area (Å²) < 4.78 is 1.54. The number of aromatic nitrogens is 2. The van der Waals surface area contributed by atoms with Crippen molar-refractivity contribution in [2.75, 3.05) is 0 Å². The van der Waals surface area contributed by atoms with Gasteiger partial charge in [-0.1, -0.05) is 18.2 Å². The van der Waals surface area contributed by atoms with Crippen molar-refractivity contribution in [3.8, 4) is 5.69 Å². The van der Waals surface area contributed by atoms with E-state index in [1.807, 2.05) is 25.1 Å². The van der Waals surface area contributed by atoms with Crippen LogP contribution >= 0.6 is 0 Å². The van der Waals surface area contributed by atoms with Gasteiger partial charge in [-0.2, -0.15) is 0 Å². The molecule has 20 heavy (non-hydrogen) atoms. The Morgan fingerprint density at radius 1 is 1.45 bits per heavy atom. The Morgan fingerprint density at radius 3 is 2.75 bits per heavy atom. The van der Waals surface area contributed by atoms with Crippen LogP contribution in [0.25, 0.3) is 5.69 Å². The van der Waals surface area contributed by atoms with E-state index in [-0.39, 0.29) is 12.1 Å². The Balaban J connectivity index is 2.41. The quantitative estimate of drug-likeness (QED) is 0.766. The molecule has 0 radical (unpaired) electrons. The van der Waals surface area contributed by atoms with E-state index in [4.69, 9.17) is 10.8 Å². The zero-order valence-electron chi connectivity index (χ0n) is 11.2. The lowest BCUT2D eigenvalue weighted by Crippen LogP contribution is -2.21. The second-order valence-electron chi connectivity index (χ2n) is 4.67. The summed E-state index contributed by atoms with van der Waals surface area (Å²) in [4.78, 5) is 25.1. The molecule has 0 aliphatic heterocycles. The van der Waals surface area contributed by atoms with Crippen molar-refractivity contribution < 1.29 is 9.90 Å². The molecule has 0 amide bonds. The fourth-order valence-corrected chi connectivity index (χ4v) is 2.19. The van der Waals surface area contributed by atoms with Gasteiger partial charge in [0.25, 0.3) is 0 Å². The summed E-state index contributed by atoms with van der Waals surface area (Å²) in [6.07, 6.45) is 1.95. The number of aliphatic carboxylic acids is 1. The number of aryl methyl sites for hydroxylation is 1. The molecule has 0 spiro atoms. The summed E-state index contributed by atoms with van der Waals surface area (Å²) >= 11 is 0. The number of para-hydroxylation sites is 1. The lowest BCUT2D eigenvalue weighted by atomic mass is 10.0. The van der Waals surface area contributed by atoms with E-state index in [2.05, 4.69) is 4.98 Å². The number of nitrogens with zero attached hydrogens (tertiary/aromatic N) is 1. The van der Waals surface area contributed by atoms with Gasteiger partial charge < -0.3 is 15.8 Å². The smallest absolute Gasteiger partial charge is 0.330 e. The first-order valence-corrected chi connectivity index (χ1v) is 6.34. The number of carboxylic acids is 1. The third-order valence-corrected chi connectivity index (χ3v) is 3.21. The average Bonchev–Trinajstić information content (AvgIpc) is 2.75. The Hall–Kier alpha value is -2.34. The van der Waals surface area contributed by atoms with Crippen LogP contribution < -0.4 is 11.4 Å². The van der Waals surface area contributed by atoms with Crippen LogP contribution in [-0.2, 0) is 4.79 Å². The highest BCUT2D eigenvalue weighted by atomic mass is 16.4. The molecular weight excluding hydrogens is 258 g/mol. The molecule has 0 saturated heterocycles. The van der Waals surface area contributed by atoms with E-state index < -0.39 is 12.0 Å². The molecule has 1 aromatic heterocycles. The van der Waals surface area contributed by atoms with Crippen LogP contribution in [0.2, 0.25) is 0 Å². The minimum atomic E-state index is -0.882. The molecule has 1 heterocycles. The Morgan fingerprint density at radius 2 is 2.15 bits per heavy atom. The van der Waals surface area contributed by atoms with Gasteiger partial charge in [0.1, 0.15) is 0 Å². The zero-order valence-corrected chi connectivity index (χ0v) is 11.2. The first kappa shape index (κ1) is 14.1. The number of hydrogen-bond acceptors (Lipinski definition) is 3. The first-order chi connectivity index (χ1) is 9.50. The van der Waals surface area contributed by atoms with Gasteiger partial charge in [-0.05, 0) is 25.0 Å². The molecule has 6 heteroatoms. The molecule has 6 nitrogen and oxygen atoms in total. The van der Waals surface area contributed by atoms with Crippen LogP contribution in [0.4, 0.5) is 0 Å². The first-order valence-electron chi connectivity index (χ1n) is 6.34. The van der Waals surface area contributed by atoms with Crippen LogP contribution in [0.5, 0.6) is 0 Å². The highest BCUT2D eigenvalue weighted by Crippen LogP contribution is 2.23. The van der Waals surface area contributed by atoms with Gasteiger partial charge in [0.15, 0.2) is 0 Å². The molecule has 0 fully saturated rings. The maximum absolute atomic E-state index is 11.9. The third-order valence-electron chi connectivity index (χ3n) is 3.21. The number of carboxylic acid groups (broad SMARTS) is 1. The second-order valence-corrected chi connectivity index (χ2v) is 4.67. The van der Waals surface area contributed by atoms with Gasteiger partial charge in [0, 0.05) is 24.4 Å². The fraction of sp³-hybridized carbons (Fsp3) is 0.286. The summed E-state index contributed by atoms with van der Waals surface area (Å²) in [6, 6.07) is 6.84. The van der Waals surface area contributed by atoms with Gasteiger partial charge in [-0.3, -0.25) is 9.36 Å². The van der Waals surface area contributed by atoms with Crippen LogP contribution in [0.15, 0.2) is 35.3 Å². The molecule has 1 aromatic carbocycles. The molecule has 4 N–H and O–H groups in total. The van der Waals surface area contributed by atoms with E-state index in [0.29, 0.717) is 12.1 Å². The number of aromatic amines is 1. The van der Waals surface area contributed by atoms with E-state index >= 15 is 0 Å². The summed E-state index contributed by atoms with van der Waals surface area (Å²) in [7, 11) is 0. The lowest BCUT2D eigenvalue weighted by molar-refractivity contribution is -0.137. The van der Waals surface area contributed by atoms with Crippen molar-refractivity contribution in [1.82, 2.24) is 9.55 Å². The minimum absolute atomic E-state index is 0.00345. The lowest BCUT2D eigenvalue weighted by Gasteiger charge is -2.16. The van der Waals surface area contributed by atoms with Gasteiger partial charge in [-0.15, -0.1) is 0 Å². The minimum Gasteiger partial charge on any atom is -0.481 e. The summed E-state index contributed by atoms with van der Waals surface area (Å²) in [5.74, 6) is -0.882.